The van der Waals surface area contributed by atoms with Crippen molar-refractivity contribution in [3.63, 3.8) is 0 Å². The molecule has 2 N–H and O–H groups in total. The largest absolute Gasteiger partial charge is 0.524 e. The molecule has 0 aliphatic rings. The SMILES string of the molecule is CN(C)COC(=O)n1nccc1-c1ncccc1COc1cccc(OP(=O)(O)O)c1C=O. The van der Waals surface area contributed by atoms with Crippen molar-refractivity contribution in [2.75, 3.05) is 20.8 Å². The number of phosphoric acid groups is 1. The zero-order valence-corrected chi connectivity index (χ0v) is 18.6. The number of phosphoric ester groups is 1. The molecule has 13 heteroatoms. The fourth-order valence-electron chi connectivity index (χ4n) is 2.79. The topological polar surface area (TPSA) is 153 Å². The van der Waals surface area contributed by atoms with Gasteiger partial charge in [0.15, 0.2) is 6.29 Å². The summed E-state index contributed by atoms with van der Waals surface area (Å²) in [4.78, 5) is 48.0. The molecule has 2 aromatic heterocycles. The van der Waals surface area contributed by atoms with E-state index in [0.717, 1.165) is 4.68 Å². The quantitative estimate of drug-likeness (QED) is 0.266. The van der Waals surface area contributed by atoms with E-state index >= 15 is 0 Å². The van der Waals surface area contributed by atoms with E-state index in [2.05, 4.69) is 14.6 Å². The van der Waals surface area contributed by atoms with Crippen molar-refractivity contribution in [3.8, 4) is 22.9 Å². The molecule has 0 saturated heterocycles. The van der Waals surface area contributed by atoms with Crippen LogP contribution in [-0.2, 0) is 15.9 Å². The van der Waals surface area contributed by atoms with Crippen LogP contribution in [0.3, 0.4) is 0 Å². The predicted molar refractivity (Wildman–Crippen MR) is 115 cm³/mol. The van der Waals surface area contributed by atoms with Gasteiger partial charge in [-0.3, -0.25) is 24.5 Å². The van der Waals surface area contributed by atoms with Crippen LogP contribution in [0.1, 0.15) is 15.9 Å². The Morgan fingerprint density at radius 2 is 1.91 bits per heavy atom. The highest BCUT2D eigenvalue weighted by Gasteiger charge is 2.21. The summed E-state index contributed by atoms with van der Waals surface area (Å²) in [5.41, 5.74) is 1.15. The molecule has 3 rings (SSSR count). The van der Waals surface area contributed by atoms with Gasteiger partial charge < -0.3 is 14.0 Å². The molecule has 33 heavy (non-hydrogen) atoms. The fraction of sp³-hybridized carbons (Fsp3) is 0.200. The van der Waals surface area contributed by atoms with Gasteiger partial charge in [-0.15, -0.1) is 0 Å². The predicted octanol–water partition coefficient (Wildman–Crippen LogP) is 2.31. The Bertz CT molecular complexity index is 1190. The van der Waals surface area contributed by atoms with Gasteiger partial charge in [0.1, 0.15) is 24.8 Å². The number of rotatable bonds is 9. The van der Waals surface area contributed by atoms with Gasteiger partial charge >= 0.3 is 13.9 Å². The number of aldehydes is 1. The first-order valence-corrected chi connectivity index (χ1v) is 11.0. The third-order valence-electron chi connectivity index (χ3n) is 4.14. The third-order valence-corrected chi connectivity index (χ3v) is 4.57. The normalized spacial score (nSPS) is 11.3. The number of ether oxygens (including phenoxy) is 2. The Morgan fingerprint density at radius 1 is 1.15 bits per heavy atom. The molecule has 0 unspecified atom stereocenters. The number of pyridine rings is 1. The van der Waals surface area contributed by atoms with Crippen LogP contribution in [0.5, 0.6) is 11.5 Å². The van der Waals surface area contributed by atoms with Crippen molar-refractivity contribution < 1.29 is 37.9 Å². The highest BCUT2D eigenvalue weighted by atomic mass is 31.2. The second-order valence-corrected chi connectivity index (χ2v) is 8.08. The minimum Gasteiger partial charge on any atom is -0.488 e. The first-order chi connectivity index (χ1) is 15.7. The number of aromatic nitrogens is 3. The zero-order valence-electron chi connectivity index (χ0n) is 17.7. The maximum atomic E-state index is 12.4. The van der Waals surface area contributed by atoms with Crippen LogP contribution in [0.15, 0.2) is 48.8 Å². The number of nitrogens with zero attached hydrogens (tertiary/aromatic N) is 4. The summed E-state index contributed by atoms with van der Waals surface area (Å²) in [5.74, 6) is -0.270. The minimum atomic E-state index is -4.87. The van der Waals surface area contributed by atoms with Crippen molar-refractivity contribution in [3.05, 3.63) is 59.9 Å². The van der Waals surface area contributed by atoms with Crippen LogP contribution in [0, 0.1) is 0 Å². The van der Waals surface area contributed by atoms with Crippen molar-refractivity contribution >= 4 is 20.2 Å². The molecule has 12 nitrogen and oxygen atoms in total. The molecule has 0 fully saturated rings. The van der Waals surface area contributed by atoms with Crippen LogP contribution < -0.4 is 9.26 Å². The number of carbonyl (C=O) groups excluding carboxylic acids is 2. The monoisotopic (exact) mass is 476 g/mol. The van der Waals surface area contributed by atoms with Gasteiger partial charge in [0.05, 0.1) is 23.1 Å². The Labute approximate surface area is 188 Å². The molecule has 0 amide bonds. The van der Waals surface area contributed by atoms with Gasteiger partial charge in [-0.25, -0.2) is 9.36 Å². The maximum absolute atomic E-state index is 12.4. The van der Waals surface area contributed by atoms with Crippen LogP contribution in [0.25, 0.3) is 11.4 Å². The Balaban J connectivity index is 1.86. The average molecular weight is 476 g/mol. The lowest BCUT2D eigenvalue weighted by molar-refractivity contribution is 0.0942. The molecule has 0 radical (unpaired) electrons. The van der Waals surface area contributed by atoms with Gasteiger partial charge in [-0.2, -0.15) is 9.78 Å². The minimum absolute atomic E-state index is 0.0460. The van der Waals surface area contributed by atoms with Crippen LogP contribution >= 0.6 is 7.82 Å². The van der Waals surface area contributed by atoms with E-state index in [-0.39, 0.29) is 30.4 Å². The average Bonchev–Trinajstić information content (AvgIpc) is 3.25. The van der Waals surface area contributed by atoms with Gasteiger partial charge in [0.25, 0.3) is 0 Å². The molecule has 0 aliphatic carbocycles. The molecule has 174 valence electrons. The molecule has 0 bridgehead atoms. The molecule has 2 heterocycles. The van der Waals surface area contributed by atoms with E-state index in [0.29, 0.717) is 23.2 Å². The molecule has 0 spiro atoms. The highest BCUT2D eigenvalue weighted by Crippen LogP contribution is 2.41. The van der Waals surface area contributed by atoms with Gasteiger partial charge in [-0.1, -0.05) is 12.1 Å². The molecule has 0 saturated carbocycles. The highest BCUT2D eigenvalue weighted by molar-refractivity contribution is 7.46. The Kier molecular flexibility index (Phi) is 7.56. The van der Waals surface area contributed by atoms with Gasteiger partial charge in [-0.05, 0) is 38.4 Å². The Morgan fingerprint density at radius 3 is 2.61 bits per heavy atom. The lowest BCUT2D eigenvalue weighted by atomic mass is 10.1. The van der Waals surface area contributed by atoms with Crippen molar-refractivity contribution in [1.82, 2.24) is 19.7 Å². The van der Waals surface area contributed by atoms with Crippen molar-refractivity contribution in [2.24, 2.45) is 0 Å². The van der Waals surface area contributed by atoms with Crippen molar-refractivity contribution in [1.29, 1.82) is 0 Å². The van der Waals surface area contributed by atoms with Gasteiger partial charge in [0.2, 0.25) is 0 Å². The first-order valence-electron chi connectivity index (χ1n) is 9.46. The summed E-state index contributed by atoms with van der Waals surface area (Å²) in [5, 5.41) is 4.01. The molecule has 3 aromatic rings. The van der Waals surface area contributed by atoms with Gasteiger partial charge in [0, 0.05) is 11.8 Å². The van der Waals surface area contributed by atoms with E-state index in [1.54, 1.807) is 37.2 Å². The molecule has 1 aromatic carbocycles. The molecular formula is C20H21N4O8P. The van der Waals surface area contributed by atoms with E-state index in [9.17, 15) is 14.2 Å². The van der Waals surface area contributed by atoms with Crippen molar-refractivity contribution in [2.45, 2.75) is 6.61 Å². The van der Waals surface area contributed by atoms with Crippen LogP contribution in [0.2, 0.25) is 0 Å². The second-order valence-electron chi connectivity index (χ2n) is 6.91. The second kappa shape index (κ2) is 10.4. The number of benzene rings is 1. The van der Waals surface area contributed by atoms with E-state index in [1.165, 1.54) is 30.6 Å². The lowest BCUT2D eigenvalue weighted by Gasteiger charge is -2.15. The Hall–Kier alpha value is -3.57. The standard InChI is InChI=1S/C20H21N4O8P/c1-23(2)13-31-20(26)24-16(8-10-22-24)19-14(5-4-9-21-19)12-30-17-6-3-7-18(15(17)11-25)32-33(27,28)29/h3-11H,12-13H2,1-2H3,(H2,27,28,29). The summed E-state index contributed by atoms with van der Waals surface area (Å²) >= 11 is 0. The maximum Gasteiger partial charge on any atom is 0.524 e. The summed E-state index contributed by atoms with van der Waals surface area (Å²) in [7, 11) is -1.38. The molecule has 0 atom stereocenters. The van der Waals surface area contributed by atoms with E-state index < -0.39 is 13.9 Å². The van der Waals surface area contributed by atoms with Crippen LogP contribution in [0.4, 0.5) is 4.79 Å². The first kappa shape index (κ1) is 24.1. The summed E-state index contributed by atoms with van der Waals surface area (Å²) in [6.45, 7) is -0.0148. The number of hydrogen-bond donors (Lipinski definition) is 2. The molecule has 0 aliphatic heterocycles. The lowest BCUT2D eigenvalue weighted by Crippen LogP contribution is -2.24. The molecular weight excluding hydrogens is 455 g/mol. The number of hydrogen-bond acceptors (Lipinski definition) is 9. The van der Waals surface area contributed by atoms with E-state index in [4.69, 9.17) is 19.3 Å². The fourth-order valence-corrected chi connectivity index (χ4v) is 3.20. The summed E-state index contributed by atoms with van der Waals surface area (Å²) < 4.78 is 27.7. The third kappa shape index (κ3) is 6.24. The zero-order chi connectivity index (χ0) is 24.0. The summed E-state index contributed by atoms with van der Waals surface area (Å²) in [6, 6.07) is 9.09. The van der Waals surface area contributed by atoms with E-state index in [1.807, 2.05) is 0 Å². The number of carbonyl (C=O) groups is 2. The van der Waals surface area contributed by atoms with Crippen LogP contribution in [-0.4, -0.2) is 62.7 Å². The summed E-state index contributed by atoms with van der Waals surface area (Å²) in [6.07, 6.45) is 2.65. The smallest absolute Gasteiger partial charge is 0.488 e.